The summed E-state index contributed by atoms with van der Waals surface area (Å²) in [5, 5.41) is 24.5. The predicted molar refractivity (Wildman–Crippen MR) is 68.9 cm³/mol. The Labute approximate surface area is 107 Å². The van der Waals surface area contributed by atoms with Crippen molar-refractivity contribution in [2.75, 3.05) is 0 Å². The number of benzene rings is 1. The minimum absolute atomic E-state index is 0.646. The zero-order valence-electron chi connectivity index (χ0n) is 10.4. The lowest BCUT2D eigenvalue weighted by Gasteiger charge is -2.19. The first-order valence-electron chi connectivity index (χ1n) is 6.16. The molecule has 0 aliphatic heterocycles. The third kappa shape index (κ3) is 2.60. The topological polar surface area (TPSA) is 58.3 Å². The largest absolute Gasteiger partial charge is 0.385 e. The van der Waals surface area contributed by atoms with Gasteiger partial charge in [0, 0.05) is 12.7 Å². The third-order valence-electron chi connectivity index (χ3n) is 2.93. The molecule has 1 heterocycles. The van der Waals surface area contributed by atoms with Gasteiger partial charge in [-0.25, -0.2) is 0 Å². The van der Waals surface area contributed by atoms with Crippen LogP contribution in [0, 0.1) is 0 Å². The molecule has 0 saturated carbocycles. The van der Waals surface area contributed by atoms with E-state index in [9.17, 15) is 10.2 Å². The van der Waals surface area contributed by atoms with Crippen molar-refractivity contribution in [1.82, 2.24) is 9.78 Å². The van der Waals surface area contributed by atoms with Crippen LogP contribution in [-0.2, 0) is 6.54 Å². The van der Waals surface area contributed by atoms with Gasteiger partial charge >= 0.3 is 0 Å². The highest BCUT2D eigenvalue weighted by atomic mass is 16.3. The van der Waals surface area contributed by atoms with E-state index in [1.165, 1.54) is 0 Å². The Morgan fingerprint density at radius 3 is 2.50 bits per heavy atom. The number of aliphatic hydroxyl groups excluding tert-OH is 2. The van der Waals surface area contributed by atoms with Crippen LogP contribution in [0.4, 0.5) is 0 Å². The molecule has 0 fully saturated rings. The monoisotopic (exact) mass is 246 g/mol. The average Bonchev–Trinajstić information content (AvgIpc) is 2.87. The molecular formula is C14H18N2O2. The van der Waals surface area contributed by atoms with Crippen LogP contribution in [-0.4, -0.2) is 20.0 Å². The summed E-state index contributed by atoms with van der Waals surface area (Å²) in [6.07, 6.45) is 0.689. The van der Waals surface area contributed by atoms with Crippen molar-refractivity contribution in [3.63, 3.8) is 0 Å². The maximum atomic E-state index is 10.2. The maximum Gasteiger partial charge on any atom is 0.126 e. The first kappa shape index (κ1) is 12.8. The Morgan fingerprint density at radius 2 is 1.83 bits per heavy atom. The van der Waals surface area contributed by atoms with Crippen molar-refractivity contribution in [1.29, 1.82) is 0 Å². The molecule has 1 aromatic carbocycles. The second kappa shape index (κ2) is 5.80. The van der Waals surface area contributed by atoms with E-state index in [2.05, 4.69) is 5.10 Å². The van der Waals surface area contributed by atoms with Crippen molar-refractivity contribution >= 4 is 0 Å². The Hall–Kier alpha value is -1.65. The van der Waals surface area contributed by atoms with Crippen LogP contribution < -0.4 is 0 Å². The molecule has 0 spiro atoms. The molecule has 0 radical (unpaired) electrons. The van der Waals surface area contributed by atoms with Gasteiger partial charge < -0.3 is 10.2 Å². The van der Waals surface area contributed by atoms with E-state index in [-0.39, 0.29) is 0 Å². The fourth-order valence-electron chi connectivity index (χ4n) is 1.99. The zero-order valence-corrected chi connectivity index (χ0v) is 10.4. The summed E-state index contributed by atoms with van der Waals surface area (Å²) >= 11 is 0. The van der Waals surface area contributed by atoms with Crippen LogP contribution in [0.25, 0.3) is 0 Å². The molecule has 2 N–H and O–H groups in total. The molecule has 18 heavy (non-hydrogen) atoms. The number of rotatable bonds is 5. The van der Waals surface area contributed by atoms with Gasteiger partial charge in [-0.3, -0.25) is 4.68 Å². The molecule has 2 unspecified atom stereocenters. The first-order chi connectivity index (χ1) is 8.74. The van der Waals surface area contributed by atoms with Gasteiger partial charge in [-0.2, -0.15) is 5.10 Å². The summed E-state index contributed by atoms with van der Waals surface area (Å²) in [6, 6.07) is 10.9. The Morgan fingerprint density at radius 1 is 1.11 bits per heavy atom. The van der Waals surface area contributed by atoms with Crippen LogP contribution in [0.1, 0.15) is 36.8 Å². The molecule has 0 aliphatic rings. The van der Waals surface area contributed by atoms with Crippen LogP contribution in [0.5, 0.6) is 0 Å². The molecule has 0 saturated heterocycles. The molecule has 2 atom stereocenters. The molecule has 0 amide bonds. The lowest BCUT2D eigenvalue weighted by atomic mass is 10.0. The van der Waals surface area contributed by atoms with Crippen molar-refractivity contribution < 1.29 is 10.2 Å². The number of aliphatic hydroxyl groups is 2. The van der Waals surface area contributed by atoms with Crippen molar-refractivity contribution in [2.24, 2.45) is 0 Å². The third-order valence-corrected chi connectivity index (χ3v) is 2.93. The molecule has 0 aliphatic carbocycles. The molecule has 0 bridgehead atoms. The zero-order chi connectivity index (χ0) is 13.0. The summed E-state index contributed by atoms with van der Waals surface area (Å²) < 4.78 is 1.73. The van der Waals surface area contributed by atoms with E-state index in [0.29, 0.717) is 11.3 Å². The lowest BCUT2D eigenvalue weighted by Crippen LogP contribution is -2.15. The maximum absolute atomic E-state index is 10.2. The van der Waals surface area contributed by atoms with Gasteiger partial charge in [0.2, 0.25) is 0 Å². The molecule has 4 nitrogen and oxygen atoms in total. The van der Waals surface area contributed by atoms with E-state index in [1.807, 2.05) is 25.1 Å². The Kier molecular flexibility index (Phi) is 4.12. The number of hydrogen-bond donors (Lipinski definition) is 2. The number of aryl methyl sites for hydroxylation is 1. The van der Waals surface area contributed by atoms with Crippen LogP contribution in [0.15, 0.2) is 42.6 Å². The average molecular weight is 246 g/mol. The van der Waals surface area contributed by atoms with Gasteiger partial charge in [0.15, 0.2) is 0 Å². The molecule has 1 aromatic heterocycles. The van der Waals surface area contributed by atoms with E-state index in [4.69, 9.17) is 0 Å². The van der Waals surface area contributed by atoms with Gasteiger partial charge in [0.05, 0.1) is 5.69 Å². The minimum atomic E-state index is -0.957. The Balaban J connectivity index is 2.20. The van der Waals surface area contributed by atoms with Crippen molar-refractivity contribution in [3.05, 3.63) is 53.9 Å². The van der Waals surface area contributed by atoms with Gasteiger partial charge in [-0.1, -0.05) is 37.3 Å². The smallest absolute Gasteiger partial charge is 0.126 e. The lowest BCUT2D eigenvalue weighted by molar-refractivity contribution is 0.0117. The van der Waals surface area contributed by atoms with Gasteiger partial charge in [0.25, 0.3) is 0 Å². The van der Waals surface area contributed by atoms with Crippen molar-refractivity contribution in [2.45, 2.75) is 32.1 Å². The van der Waals surface area contributed by atoms with Gasteiger partial charge in [-0.05, 0) is 18.1 Å². The normalized spacial score (nSPS) is 14.4. The van der Waals surface area contributed by atoms with Gasteiger partial charge in [0.1, 0.15) is 12.2 Å². The molecular weight excluding hydrogens is 228 g/mol. The van der Waals surface area contributed by atoms with Crippen LogP contribution >= 0.6 is 0 Å². The highest BCUT2D eigenvalue weighted by Crippen LogP contribution is 2.28. The summed E-state index contributed by atoms with van der Waals surface area (Å²) in [7, 11) is 0. The molecule has 4 heteroatoms. The van der Waals surface area contributed by atoms with E-state index in [0.717, 1.165) is 13.0 Å². The standard InChI is InChI=1S/C14H18N2O2/c1-2-10-16-12(8-9-15-16)14(18)13(17)11-6-4-3-5-7-11/h3-9,13-14,17-18H,2,10H2,1H3. The number of nitrogens with zero attached hydrogens (tertiary/aromatic N) is 2. The summed E-state index contributed by atoms with van der Waals surface area (Å²) in [4.78, 5) is 0. The second-order valence-corrected chi connectivity index (χ2v) is 4.28. The number of aromatic nitrogens is 2. The first-order valence-corrected chi connectivity index (χ1v) is 6.16. The molecule has 2 rings (SSSR count). The summed E-state index contributed by atoms with van der Waals surface area (Å²) in [5.41, 5.74) is 1.35. The van der Waals surface area contributed by atoms with E-state index >= 15 is 0 Å². The van der Waals surface area contributed by atoms with E-state index in [1.54, 1.807) is 29.1 Å². The highest BCUT2D eigenvalue weighted by Gasteiger charge is 2.22. The fourth-order valence-corrected chi connectivity index (χ4v) is 1.99. The highest BCUT2D eigenvalue weighted by molar-refractivity contribution is 5.21. The minimum Gasteiger partial charge on any atom is -0.385 e. The molecule has 96 valence electrons. The summed E-state index contributed by atoms with van der Waals surface area (Å²) in [5.74, 6) is 0. The van der Waals surface area contributed by atoms with Crippen molar-refractivity contribution in [3.8, 4) is 0 Å². The fraction of sp³-hybridized carbons (Fsp3) is 0.357. The second-order valence-electron chi connectivity index (χ2n) is 4.28. The predicted octanol–water partition coefficient (Wildman–Crippen LogP) is 2.06. The quantitative estimate of drug-likeness (QED) is 0.849. The van der Waals surface area contributed by atoms with Gasteiger partial charge in [-0.15, -0.1) is 0 Å². The van der Waals surface area contributed by atoms with Crippen LogP contribution in [0.3, 0.4) is 0 Å². The SMILES string of the molecule is CCCn1nccc1C(O)C(O)c1ccccc1. The van der Waals surface area contributed by atoms with Crippen LogP contribution in [0.2, 0.25) is 0 Å². The summed E-state index contributed by atoms with van der Waals surface area (Å²) in [6.45, 7) is 2.78. The number of hydrogen-bond acceptors (Lipinski definition) is 3. The Bertz CT molecular complexity index is 482. The van der Waals surface area contributed by atoms with E-state index < -0.39 is 12.2 Å². The molecule has 2 aromatic rings.